The van der Waals surface area contributed by atoms with E-state index in [4.69, 9.17) is 9.47 Å². The molecular weight excluding hydrogens is 188 g/mol. The maximum Gasteiger partial charge on any atom is 0.165 e. The minimum absolute atomic E-state index is 0.0893. The summed E-state index contributed by atoms with van der Waals surface area (Å²) in [6, 6.07) is 6.13. The van der Waals surface area contributed by atoms with Gasteiger partial charge in [0, 0.05) is 12.0 Å². The van der Waals surface area contributed by atoms with Gasteiger partial charge in [-0.2, -0.15) is 0 Å². The minimum atomic E-state index is -0.0893. The van der Waals surface area contributed by atoms with Crippen molar-refractivity contribution in [2.24, 2.45) is 0 Å². The molecule has 0 saturated carbocycles. The molecule has 1 heterocycles. The van der Waals surface area contributed by atoms with Crippen LogP contribution in [0.5, 0.6) is 11.5 Å². The molecule has 0 aromatic heterocycles. The van der Waals surface area contributed by atoms with Crippen LogP contribution in [0.2, 0.25) is 0 Å². The standard InChI is InChI=1S/C13H18O2/c1-4-8-14-11-7-5-6-10-9-13(2,3)15-12(10)11/h5-7H,4,8-9H2,1-3H3. The molecular formula is C13H18O2. The number of hydrogen-bond acceptors (Lipinski definition) is 2. The van der Waals surface area contributed by atoms with Crippen LogP contribution in [-0.2, 0) is 6.42 Å². The van der Waals surface area contributed by atoms with Crippen molar-refractivity contribution in [3.8, 4) is 11.5 Å². The molecule has 0 unspecified atom stereocenters. The Hall–Kier alpha value is -1.18. The van der Waals surface area contributed by atoms with Gasteiger partial charge in [0.2, 0.25) is 0 Å². The molecule has 0 aliphatic carbocycles. The zero-order valence-electron chi connectivity index (χ0n) is 9.67. The first-order valence-corrected chi connectivity index (χ1v) is 5.56. The molecule has 2 nitrogen and oxygen atoms in total. The lowest BCUT2D eigenvalue weighted by atomic mass is 10.0. The van der Waals surface area contributed by atoms with Gasteiger partial charge in [-0.05, 0) is 26.3 Å². The van der Waals surface area contributed by atoms with Gasteiger partial charge in [0.15, 0.2) is 11.5 Å². The molecule has 1 aromatic carbocycles. The average molecular weight is 206 g/mol. The van der Waals surface area contributed by atoms with Crippen molar-refractivity contribution in [3.05, 3.63) is 23.8 Å². The van der Waals surface area contributed by atoms with E-state index in [1.807, 2.05) is 12.1 Å². The Morgan fingerprint density at radius 1 is 1.40 bits per heavy atom. The van der Waals surface area contributed by atoms with Gasteiger partial charge in [-0.15, -0.1) is 0 Å². The average Bonchev–Trinajstić information content (AvgIpc) is 2.49. The molecule has 0 radical (unpaired) electrons. The SMILES string of the molecule is CCCOc1cccc2c1OC(C)(C)C2. The van der Waals surface area contributed by atoms with E-state index in [0.29, 0.717) is 0 Å². The summed E-state index contributed by atoms with van der Waals surface area (Å²) in [7, 11) is 0. The van der Waals surface area contributed by atoms with Crippen molar-refractivity contribution in [2.75, 3.05) is 6.61 Å². The molecule has 0 amide bonds. The van der Waals surface area contributed by atoms with Crippen LogP contribution in [-0.4, -0.2) is 12.2 Å². The van der Waals surface area contributed by atoms with Gasteiger partial charge in [0.1, 0.15) is 5.60 Å². The molecule has 1 aliphatic rings. The number of fused-ring (bicyclic) bond motifs is 1. The highest BCUT2D eigenvalue weighted by atomic mass is 16.5. The van der Waals surface area contributed by atoms with Crippen molar-refractivity contribution in [1.29, 1.82) is 0 Å². The molecule has 0 bridgehead atoms. The van der Waals surface area contributed by atoms with Crippen molar-refractivity contribution >= 4 is 0 Å². The lowest BCUT2D eigenvalue weighted by molar-refractivity contribution is 0.132. The predicted octanol–water partition coefficient (Wildman–Crippen LogP) is 3.19. The van der Waals surface area contributed by atoms with E-state index >= 15 is 0 Å². The first-order chi connectivity index (χ1) is 7.12. The number of hydrogen-bond donors (Lipinski definition) is 0. The quantitative estimate of drug-likeness (QED) is 0.756. The number of para-hydroxylation sites is 1. The molecule has 15 heavy (non-hydrogen) atoms. The Morgan fingerprint density at radius 3 is 2.93 bits per heavy atom. The smallest absolute Gasteiger partial charge is 0.165 e. The molecule has 0 N–H and O–H groups in total. The summed E-state index contributed by atoms with van der Waals surface area (Å²) in [6.45, 7) is 7.07. The summed E-state index contributed by atoms with van der Waals surface area (Å²) in [4.78, 5) is 0. The molecule has 0 atom stereocenters. The van der Waals surface area contributed by atoms with E-state index in [9.17, 15) is 0 Å². The summed E-state index contributed by atoms with van der Waals surface area (Å²) in [5, 5.41) is 0. The largest absolute Gasteiger partial charge is 0.490 e. The Morgan fingerprint density at radius 2 is 2.20 bits per heavy atom. The van der Waals surface area contributed by atoms with Crippen LogP contribution in [0.25, 0.3) is 0 Å². The fourth-order valence-electron chi connectivity index (χ4n) is 1.91. The third-order valence-corrected chi connectivity index (χ3v) is 2.52. The van der Waals surface area contributed by atoms with Crippen LogP contribution >= 0.6 is 0 Å². The minimum Gasteiger partial charge on any atom is -0.490 e. The van der Waals surface area contributed by atoms with Gasteiger partial charge in [0.05, 0.1) is 6.61 Å². The second kappa shape index (κ2) is 3.76. The Bertz CT molecular complexity index is 356. The van der Waals surface area contributed by atoms with E-state index in [1.165, 1.54) is 5.56 Å². The van der Waals surface area contributed by atoms with Gasteiger partial charge in [-0.1, -0.05) is 19.1 Å². The first-order valence-electron chi connectivity index (χ1n) is 5.56. The van der Waals surface area contributed by atoms with Crippen LogP contribution in [0, 0.1) is 0 Å². The van der Waals surface area contributed by atoms with Crippen molar-refractivity contribution in [3.63, 3.8) is 0 Å². The summed E-state index contributed by atoms with van der Waals surface area (Å²) in [5.74, 6) is 1.83. The van der Waals surface area contributed by atoms with Crippen LogP contribution in [0.15, 0.2) is 18.2 Å². The third kappa shape index (κ3) is 2.09. The summed E-state index contributed by atoms with van der Waals surface area (Å²) in [5.41, 5.74) is 1.17. The second-order valence-electron chi connectivity index (χ2n) is 4.63. The van der Waals surface area contributed by atoms with E-state index < -0.39 is 0 Å². The van der Waals surface area contributed by atoms with Crippen molar-refractivity contribution in [2.45, 2.75) is 39.2 Å². The Kier molecular flexibility index (Phi) is 2.59. The molecule has 2 heteroatoms. The highest BCUT2D eigenvalue weighted by Crippen LogP contribution is 2.41. The van der Waals surface area contributed by atoms with Gasteiger partial charge in [-0.25, -0.2) is 0 Å². The molecule has 0 fully saturated rings. The first kappa shape index (κ1) is 10.3. The number of benzene rings is 1. The molecule has 1 aliphatic heterocycles. The summed E-state index contributed by atoms with van der Waals surface area (Å²) in [6.07, 6.45) is 1.98. The lowest BCUT2D eigenvalue weighted by Gasteiger charge is -2.18. The highest BCUT2D eigenvalue weighted by molar-refractivity contribution is 5.50. The maximum atomic E-state index is 5.90. The molecule has 0 spiro atoms. The fourth-order valence-corrected chi connectivity index (χ4v) is 1.91. The summed E-state index contributed by atoms with van der Waals surface area (Å²) >= 11 is 0. The van der Waals surface area contributed by atoms with Gasteiger partial charge in [0.25, 0.3) is 0 Å². The van der Waals surface area contributed by atoms with Gasteiger partial charge >= 0.3 is 0 Å². The number of rotatable bonds is 3. The van der Waals surface area contributed by atoms with Gasteiger partial charge in [-0.3, -0.25) is 0 Å². The van der Waals surface area contributed by atoms with E-state index in [2.05, 4.69) is 26.8 Å². The second-order valence-corrected chi connectivity index (χ2v) is 4.63. The predicted molar refractivity (Wildman–Crippen MR) is 60.6 cm³/mol. The lowest BCUT2D eigenvalue weighted by Crippen LogP contribution is -2.24. The van der Waals surface area contributed by atoms with Crippen LogP contribution < -0.4 is 9.47 Å². The van der Waals surface area contributed by atoms with Crippen LogP contribution in [0.3, 0.4) is 0 Å². The topological polar surface area (TPSA) is 18.5 Å². The zero-order chi connectivity index (χ0) is 10.9. The van der Waals surface area contributed by atoms with Crippen molar-refractivity contribution in [1.82, 2.24) is 0 Å². The Labute approximate surface area is 91.2 Å². The molecule has 2 rings (SSSR count). The normalized spacial score (nSPS) is 17.0. The zero-order valence-corrected chi connectivity index (χ0v) is 9.67. The van der Waals surface area contributed by atoms with Gasteiger partial charge < -0.3 is 9.47 Å². The Balaban J connectivity index is 2.25. The highest BCUT2D eigenvalue weighted by Gasteiger charge is 2.32. The molecule has 82 valence electrons. The number of ether oxygens (including phenoxy) is 2. The van der Waals surface area contributed by atoms with E-state index in [-0.39, 0.29) is 5.60 Å². The fraction of sp³-hybridized carbons (Fsp3) is 0.538. The molecule has 1 aromatic rings. The maximum absolute atomic E-state index is 5.90. The molecule has 0 saturated heterocycles. The summed E-state index contributed by atoms with van der Waals surface area (Å²) < 4.78 is 11.6. The van der Waals surface area contributed by atoms with E-state index in [1.54, 1.807) is 0 Å². The van der Waals surface area contributed by atoms with Crippen molar-refractivity contribution < 1.29 is 9.47 Å². The third-order valence-electron chi connectivity index (χ3n) is 2.52. The van der Waals surface area contributed by atoms with Crippen LogP contribution in [0.1, 0.15) is 32.8 Å². The van der Waals surface area contributed by atoms with E-state index in [0.717, 1.165) is 30.9 Å². The van der Waals surface area contributed by atoms with Crippen LogP contribution in [0.4, 0.5) is 0 Å². The monoisotopic (exact) mass is 206 g/mol.